The Kier molecular flexibility index (Phi) is 6.54. The molecule has 0 bridgehead atoms. The number of hydrogen-bond donors (Lipinski definition) is 0. The van der Waals surface area contributed by atoms with Crippen molar-refractivity contribution in [3.05, 3.63) is 106 Å². The molecule has 0 heterocycles. The largest absolute Gasteiger partial charge is 0.465 e. The van der Waals surface area contributed by atoms with Gasteiger partial charge in [0.15, 0.2) is 5.78 Å². The van der Waals surface area contributed by atoms with Crippen LogP contribution in [0.3, 0.4) is 0 Å². The lowest BCUT2D eigenvalue weighted by atomic mass is 10.1. The molecule has 0 amide bonds. The molecule has 3 nitrogen and oxygen atoms in total. The quantitative estimate of drug-likeness (QED) is 0.298. The fourth-order valence-corrected chi connectivity index (χ4v) is 2.78. The van der Waals surface area contributed by atoms with E-state index in [0.717, 1.165) is 27.8 Å². The third kappa shape index (κ3) is 5.63. The summed E-state index contributed by atoms with van der Waals surface area (Å²) in [6, 6.07) is 23.1. The Bertz CT molecular complexity index is 1040. The Morgan fingerprint density at radius 3 is 1.21 bits per heavy atom. The van der Waals surface area contributed by atoms with Crippen LogP contribution in [0.4, 0.5) is 0 Å². The highest BCUT2D eigenvalue weighted by molar-refractivity contribution is 5.94. The number of rotatable bonds is 6. The number of benzene rings is 3. The topological polar surface area (TPSA) is 43.4 Å². The van der Waals surface area contributed by atoms with Crippen LogP contribution in [0.2, 0.25) is 0 Å². The first-order valence-electron chi connectivity index (χ1n) is 9.31. The lowest BCUT2D eigenvalue weighted by Crippen LogP contribution is -2.00. The number of carbonyl (C=O) groups excluding carboxylic acids is 2. The third-order valence-corrected chi connectivity index (χ3v) is 4.52. The van der Waals surface area contributed by atoms with Gasteiger partial charge in [0, 0.05) is 5.56 Å². The minimum Gasteiger partial charge on any atom is -0.465 e. The van der Waals surface area contributed by atoms with Crippen LogP contribution < -0.4 is 0 Å². The van der Waals surface area contributed by atoms with Crippen molar-refractivity contribution in [2.75, 3.05) is 7.11 Å². The van der Waals surface area contributed by atoms with E-state index in [9.17, 15) is 9.59 Å². The molecule has 0 atom stereocenters. The van der Waals surface area contributed by atoms with Crippen LogP contribution in [-0.2, 0) is 4.74 Å². The van der Waals surface area contributed by atoms with Gasteiger partial charge in [-0.25, -0.2) is 4.79 Å². The number of ketones is 1. The molecular formula is C26H22O3. The van der Waals surface area contributed by atoms with E-state index in [1.54, 1.807) is 19.1 Å². The van der Waals surface area contributed by atoms with Gasteiger partial charge in [0.05, 0.1) is 12.7 Å². The summed E-state index contributed by atoms with van der Waals surface area (Å²) in [5, 5.41) is 0. The highest BCUT2D eigenvalue weighted by Gasteiger charge is 2.03. The normalized spacial score (nSPS) is 11.1. The molecule has 3 heteroatoms. The fourth-order valence-electron chi connectivity index (χ4n) is 2.78. The van der Waals surface area contributed by atoms with Gasteiger partial charge in [0.25, 0.3) is 0 Å². The lowest BCUT2D eigenvalue weighted by molar-refractivity contribution is 0.0600. The maximum Gasteiger partial charge on any atom is 0.337 e. The zero-order valence-electron chi connectivity index (χ0n) is 16.5. The monoisotopic (exact) mass is 382 g/mol. The summed E-state index contributed by atoms with van der Waals surface area (Å²) in [6.45, 7) is 1.57. The number of Topliss-reactive ketones (excluding diaryl/α,β-unsaturated/α-hetero) is 1. The standard InChI is InChI=1S/C26H22O3/c1-19(27)24-15-11-22(12-16-24)9-7-20-3-5-21(6-4-20)8-10-23-13-17-25(18-14-23)26(28)29-2/h3-18H,1-2H3/b9-7+,10-8+. The maximum absolute atomic E-state index is 11.5. The molecule has 3 aromatic rings. The molecule has 0 saturated heterocycles. The molecule has 0 aromatic heterocycles. The first-order valence-corrected chi connectivity index (χ1v) is 9.31. The molecule has 0 N–H and O–H groups in total. The van der Waals surface area contributed by atoms with Gasteiger partial charge in [0.2, 0.25) is 0 Å². The molecule has 0 fully saturated rings. The maximum atomic E-state index is 11.5. The number of carbonyl (C=O) groups is 2. The van der Waals surface area contributed by atoms with Crippen molar-refractivity contribution >= 4 is 36.1 Å². The van der Waals surface area contributed by atoms with E-state index < -0.39 is 0 Å². The Labute approximate surface area is 171 Å². The molecule has 0 aliphatic heterocycles. The van der Waals surface area contributed by atoms with Crippen molar-refractivity contribution in [2.24, 2.45) is 0 Å². The Balaban J connectivity index is 1.63. The average molecular weight is 382 g/mol. The Hall–Kier alpha value is -3.72. The molecule has 0 radical (unpaired) electrons. The van der Waals surface area contributed by atoms with Gasteiger partial charge >= 0.3 is 5.97 Å². The fraction of sp³-hybridized carbons (Fsp3) is 0.0769. The number of ether oxygens (including phenoxy) is 1. The second-order valence-corrected chi connectivity index (χ2v) is 6.63. The summed E-state index contributed by atoms with van der Waals surface area (Å²) in [5.74, 6) is -0.262. The smallest absolute Gasteiger partial charge is 0.337 e. The Morgan fingerprint density at radius 1 is 0.586 bits per heavy atom. The second-order valence-electron chi connectivity index (χ2n) is 6.63. The van der Waals surface area contributed by atoms with Gasteiger partial charge in [-0.05, 0) is 41.3 Å². The summed E-state index contributed by atoms with van der Waals surface area (Å²) in [5.41, 5.74) is 5.50. The molecular weight excluding hydrogens is 360 g/mol. The minimum atomic E-state index is -0.334. The zero-order valence-corrected chi connectivity index (χ0v) is 16.5. The van der Waals surface area contributed by atoms with Crippen molar-refractivity contribution in [3.63, 3.8) is 0 Å². The van der Waals surface area contributed by atoms with Gasteiger partial charge in [-0.1, -0.05) is 85.0 Å². The van der Waals surface area contributed by atoms with Gasteiger partial charge in [-0.3, -0.25) is 4.79 Å². The summed E-state index contributed by atoms with van der Waals surface area (Å²) >= 11 is 0. The molecule has 0 spiro atoms. The Morgan fingerprint density at radius 2 is 0.897 bits per heavy atom. The van der Waals surface area contributed by atoms with Crippen molar-refractivity contribution < 1.29 is 14.3 Å². The van der Waals surface area contributed by atoms with Crippen molar-refractivity contribution in [3.8, 4) is 0 Å². The van der Waals surface area contributed by atoms with E-state index in [2.05, 4.69) is 24.3 Å². The van der Waals surface area contributed by atoms with E-state index in [1.807, 2.05) is 60.7 Å². The predicted octanol–water partition coefficient (Wildman–Crippen LogP) is 6.02. The summed E-state index contributed by atoms with van der Waals surface area (Å²) in [6.07, 6.45) is 8.10. The van der Waals surface area contributed by atoms with E-state index in [4.69, 9.17) is 4.74 Å². The average Bonchev–Trinajstić information content (AvgIpc) is 2.77. The lowest BCUT2D eigenvalue weighted by Gasteiger charge is -2.00. The van der Waals surface area contributed by atoms with Crippen LogP contribution in [0.1, 0.15) is 49.9 Å². The molecule has 3 aromatic carbocycles. The van der Waals surface area contributed by atoms with Crippen molar-refractivity contribution in [1.29, 1.82) is 0 Å². The molecule has 3 rings (SSSR count). The van der Waals surface area contributed by atoms with Crippen LogP contribution in [0, 0.1) is 0 Å². The summed E-state index contributed by atoms with van der Waals surface area (Å²) < 4.78 is 4.70. The molecule has 0 aliphatic rings. The summed E-state index contributed by atoms with van der Waals surface area (Å²) in [4.78, 5) is 22.8. The molecule has 0 aliphatic carbocycles. The number of hydrogen-bond acceptors (Lipinski definition) is 3. The predicted molar refractivity (Wildman–Crippen MR) is 119 cm³/mol. The van der Waals surface area contributed by atoms with Gasteiger partial charge in [0.1, 0.15) is 0 Å². The number of esters is 1. The van der Waals surface area contributed by atoms with Crippen LogP contribution in [0.25, 0.3) is 24.3 Å². The first kappa shape index (κ1) is 20.0. The van der Waals surface area contributed by atoms with Gasteiger partial charge in [-0.15, -0.1) is 0 Å². The molecule has 144 valence electrons. The third-order valence-electron chi connectivity index (χ3n) is 4.52. The van der Waals surface area contributed by atoms with Crippen LogP contribution in [0.15, 0.2) is 72.8 Å². The van der Waals surface area contributed by atoms with Gasteiger partial charge < -0.3 is 4.74 Å². The van der Waals surface area contributed by atoms with E-state index in [0.29, 0.717) is 5.56 Å². The van der Waals surface area contributed by atoms with Crippen molar-refractivity contribution in [2.45, 2.75) is 6.92 Å². The molecule has 0 saturated carbocycles. The van der Waals surface area contributed by atoms with E-state index >= 15 is 0 Å². The number of methoxy groups -OCH3 is 1. The van der Waals surface area contributed by atoms with Crippen molar-refractivity contribution in [1.82, 2.24) is 0 Å². The van der Waals surface area contributed by atoms with Crippen LogP contribution >= 0.6 is 0 Å². The van der Waals surface area contributed by atoms with Gasteiger partial charge in [-0.2, -0.15) is 0 Å². The highest BCUT2D eigenvalue weighted by Crippen LogP contribution is 2.14. The SMILES string of the molecule is COC(=O)c1ccc(/C=C/c2ccc(/C=C/c3ccc(C(C)=O)cc3)cc2)cc1. The first-order chi connectivity index (χ1) is 14.0. The zero-order chi connectivity index (χ0) is 20.6. The molecule has 29 heavy (non-hydrogen) atoms. The highest BCUT2D eigenvalue weighted by atomic mass is 16.5. The molecule has 0 unspecified atom stereocenters. The van der Waals surface area contributed by atoms with E-state index in [-0.39, 0.29) is 11.8 Å². The van der Waals surface area contributed by atoms with Crippen LogP contribution in [0.5, 0.6) is 0 Å². The minimum absolute atomic E-state index is 0.0728. The summed E-state index contributed by atoms with van der Waals surface area (Å²) in [7, 11) is 1.37. The second kappa shape index (κ2) is 9.47. The van der Waals surface area contributed by atoms with Crippen LogP contribution in [-0.4, -0.2) is 18.9 Å². The van der Waals surface area contributed by atoms with E-state index in [1.165, 1.54) is 7.11 Å².